The van der Waals surface area contributed by atoms with Crippen molar-refractivity contribution in [3.63, 3.8) is 0 Å². The van der Waals surface area contributed by atoms with E-state index < -0.39 is 6.04 Å². The highest BCUT2D eigenvalue weighted by atomic mass is 79.9. The van der Waals surface area contributed by atoms with Crippen LogP contribution >= 0.6 is 15.9 Å². The zero-order valence-electron chi connectivity index (χ0n) is 19.1. The molecule has 0 heterocycles. The molecule has 0 aromatic heterocycles. The van der Waals surface area contributed by atoms with Gasteiger partial charge in [-0.25, -0.2) is 0 Å². The Labute approximate surface area is 194 Å². The van der Waals surface area contributed by atoms with E-state index in [4.69, 9.17) is 4.74 Å². The molecule has 168 valence electrons. The van der Waals surface area contributed by atoms with Crippen LogP contribution in [0, 0.1) is 12.8 Å². The maximum absolute atomic E-state index is 13.1. The summed E-state index contributed by atoms with van der Waals surface area (Å²) >= 11 is 3.51. The minimum absolute atomic E-state index is 0.141. The number of hydrogen-bond donors (Lipinski definition) is 1. The van der Waals surface area contributed by atoms with Crippen LogP contribution in [-0.4, -0.2) is 35.9 Å². The lowest BCUT2D eigenvalue weighted by Gasteiger charge is -2.29. The number of carbonyl (C=O) groups excluding carboxylic acids is 2. The highest BCUT2D eigenvalue weighted by molar-refractivity contribution is 9.10. The lowest BCUT2D eigenvalue weighted by Crippen LogP contribution is -2.49. The summed E-state index contributed by atoms with van der Waals surface area (Å²) in [5, 5.41) is 2.93. The van der Waals surface area contributed by atoms with E-state index in [1.165, 1.54) is 5.56 Å². The third-order valence-electron chi connectivity index (χ3n) is 5.08. The summed E-state index contributed by atoms with van der Waals surface area (Å²) in [5.41, 5.74) is 3.30. The second kappa shape index (κ2) is 11.9. The van der Waals surface area contributed by atoms with E-state index in [9.17, 15) is 9.59 Å². The molecule has 1 atom stereocenters. The molecular formula is C25H33BrN2O3. The lowest BCUT2D eigenvalue weighted by atomic mass is 10.1. The molecule has 2 aromatic rings. The Kier molecular flexibility index (Phi) is 9.56. The van der Waals surface area contributed by atoms with Crippen LogP contribution in [0.4, 0.5) is 0 Å². The Hall–Kier alpha value is -2.34. The van der Waals surface area contributed by atoms with Gasteiger partial charge in [-0.2, -0.15) is 0 Å². The summed E-state index contributed by atoms with van der Waals surface area (Å²) in [5.74, 6) is 0.545. The Morgan fingerprint density at radius 2 is 1.71 bits per heavy atom. The topological polar surface area (TPSA) is 58.6 Å². The number of hydrogen-bond acceptors (Lipinski definition) is 3. The van der Waals surface area contributed by atoms with Crippen molar-refractivity contribution in [2.45, 2.75) is 53.6 Å². The first-order chi connectivity index (χ1) is 14.7. The highest BCUT2D eigenvalue weighted by Crippen LogP contribution is 2.26. The minimum atomic E-state index is -0.609. The van der Waals surface area contributed by atoms with Gasteiger partial charge in [0.25, 0.3) is 5.91 Å². The van der Waals surface area contributed by atoms with Crippen LogP contribution in [0.1, 0.15) is 44.4 Å². The molecule has 2 amide bonds. The average molecular weight is 489 g/mol. The molecule has 2 aromatic carbocycles. The van der Waals surface area contributed by atoms with Gasteiger partial charge in [-0.1, -0.05) is 56.7 Å². The lowest BCUT2D eigenvalue weighted by molar-refractivity contribution is -0.142. The summed E-state index contributed by atoms with van der Waals surface area (Å²) in [4.78, 5) is 27.4. The van der Waals surface area contributed by atoms with E-state index in [1.54, 1.807) is 11.8 Å². The maximum atomic E-state index is 13.1. The van der Waals surface area contributed by atoms with Crippen molar-refractivity contribution in [3.8, 4) is 5.75 Å². The van der Waals surface area contributed by atoms with Gasteiger partial charge in [0.05, 0.1) is 4.47 Å². The number of nitrogens with zero attached hydrogens (tertiary/aromatic N) is 1. The molecule has 0 radical (unpaired) electrons. The van der Waals surface area contributed by atoms with Gasteiger partial charge in [0, 0.05) is 13.1 Å². The molecule has 1 N–H and O–H groups in total. The Bertz CT molecular complexity index is 881. The summed E-state index contributed by atoms with van der Waals surface area (Å²) < 4.78 is 6.61. The third kappa shape index (κ3) is 7.69. The van der Waals surface area contributed by atoms with Gasteiger partial charge < -0.3 is 15.0 Å². The molecule has 0 aliphatic heterocycles. The summed E-state index contributed by atoms with van der Waals surface area (Å²) in [6, 6.07) is 13.2. The highest BCUT2D eigenvalue weighted by Gasteiger charge is 2.26. The molecule has 0 bridgehead atoms. The van der Waals surface area contributed by atoms with Gasteiger partial charge in [0.15, 0.2) is 6.61 Å². The van der Waals surface area contributed by atoms with E-state index in [1.807, 2.05) is 63.2 Å². The van der Waals surface area contributed by atoms with Crippen molar-refractivity contribution < 1.29 is 14.3 Å². The first-order valence-corrected chi connectivity index (χ1v) is 11.5. The number of carbonyl (C=O) groups is 2. The van der Waals surface area contributed by atoms with Crippen LogP contribution in [-0.2, 0) is 22.6 Å². The van der Waals surface area contributed by atoms with Crippen molar-refractivity contribution >= 4 is 27.7 Å². The molecule has 0 unspecified atom stereocenters. The largest absolute Gasteiger partial charge is 0.483 e. The molecular weight excluding hydrogens is 456 g/mol. The van der Waals surface area contributed by atoms with Gasteiger partial charge in [0.2, 0.25) is 5.91 Å². The number of halogens is 1. The van der Waals surface area contributed by atoms with E-state index in [-0.39, 0.29) is 18.4 Å². The summed E-state index contributed by atoms with van der Waals surface area (Å²) in [6.07, 6.45) is 0.922. The van der Waals surface area contributed by atoms with Gasteiger partial charge in [0.1, 0.15) is 11.8 Å². The number of rotatable bonds is 10. The van der Waals surface area contributed by atoms with Crippen LogP contribution in [0.25, 0.3) is 0 Å². The predicted octanol–water partition coefficient (Wildman–Crippen LogP) is 4.89. The fourth-order valence-electron chi connectivity index (χ4n) is 3.03. The normalized spacial score (nSPS) is 11.8. The SMILES string of the molecule is CCc1ccc(OCC(=O)N(Cc2ccc(C)cc2)[C@H](C)C(=O)NCC(C)C)c(Br)c1. The smallest absolute Gasteiger partial charge is 0.261 e. The molecule has 0 saturated heterocycles. The molecule has 0 aliphatic carbocycles. The standard InChI is InChI=1S/C25H33BrN2O3/c1-6-20-11-12-23(22(26)13-20)31-16-24(29)28(15-21-9-7-18(4)8-10-21)19(5)25(30)27-14-17(2)3/h7-13,17,19H,6,14-16H2,1-5H3,(H,27,30)/t19-/m1/s1. The molecule has 2 rings (SSSR count). The van der Waals surface area contributed by atoms with E-state index in [2.05, 4.69) is 28.2 Å². The number of amides is 2. The first-order valence-electron chi connectivity index (χ1n) is 10.7. The van der Waals surface area contributed by atoms with Crippen LogP contribution in [0.2, 0.25) is 0 Å². The van der Waals surface area contributed by atoms with Crippen molar-refractivity contribution in [1.82, 2.24) is 10.2 Å². The minimum Gasteiger partial charge on any atom is -0.483 e. The quantitative estimate of drug-likeness (QED) is 0.517. The summed E-state index contributed by atoms with van der Waals surface area (Å²) in [6.45, 7) is 10.7. The maximum Gasteiger partial charge on any atom is 0.261 e. The monoisotopic (exact) mass is 488 g/mol. The number of nitrogens with one attached hydrogen (secondary N) is 1. The Balaban J connectivity index is 2.14. The van der Waals surface area contributed by atoms with Crippen LogP contribution in [0.5, 0.6) is 5.75 Å². The molecule has 6 heteroatoms. The number of benzene rings is 2. The Morgan fingerprint density at radius 1 is 1.06 bits per heavy atom. The van der Waals surface area contributed by atoms with Gasteiger partial charge >= 0.3 is 0 Å². The first kappa shape index (κ1) is 24.9. The molecule has 0 saturated carbocycles. The van der Waals surface area contributed by atoms with Crippen molar-refractivity contribution in [2.75, 3.05) is 13.2 Å². The van der Waals surface area contributed by atoms with Crippen LogP contribution in [0.15, 0.2) is 46.9 Å². The number of ether oxygens (including phenoxy) is 1. The fourth-order valence-corrected chi connectivity index (χ4v) is 3.57. The van der Waals surface area contributed by atoms with E-state index in [0.29, 0.717) is 24.8 Å². The van der Waals surface area contributed by atoms with Crippen molar-refractivity contribution in [3.05, 3.63) is 63.6 Å². The van der Waals surface area contributed by atoms with Crippen molar-refractivity contribution in [2.24, 2.45) is 5.92 Å². The van der Waals surface area contributed by atoms with Gasteiger partial charge in [-0.15, -0.1) is 0 Å². The predicted molar refractivity (Wildman–Crippen MR) is 128 cm³/mol. The second-order valence-corrected chi connectivity index (χ2v) is 9.08. The van der Waals surface area contributed by atoms with Gasteiger partial charge in [-0.05, 0) is 65.4 Å². The molecule has 5 nitrogen and oxygen atoms in total. The van der Waals surface area contributed by atoms with Gasteiger partial charge in [-0.3, -0.25) is 9.59 Å². The average Bonchev–Trinajstić information content (AvgIpc) is 2.75. The zero-order chi connectivity index (χ0) is 23.0. The van der Waals surface area contributed by atoms with E-state index in [0.717, 1.165) is 22.0 Å². The Morgan fingerprint density at radius 3 is 2.29 bits per heavy atom. The molecule has 0 aliphatic rings. The molecule has 0 fully saturated rings. The zero-order valence-corrected chi connectivity index (χ0v) is 20.7. The second-order valence-electron chi connectivity index (χ2n) is 8.23. The third-order valence-corrected chi connectivity index (χ3v) is 5.70. The fraction of sp³-hybridized carbons (Fsp3) is 0.440. The van der Waals surface area contributed by atoms with Crippen LogP contribution in [0.3, 0.4) is 0 Å². The van der Waals surface area contributed by atoms with Crippen molar-refractivity contribution in [1.29, 1.82) is 0 Å². The van der Waals surface area contributed by atoms with E-state index >= 15 is 0 Å². The number of aryl methyl sites for hydroxylation is 2. The van der Waals surface area contributed by atoms with Crippen LogP contribution < -0.4 is 10.1 Å². The molecule has 31 heavy (non-hydrogen) atoms. The summed E-state index contributed by atoms with van der Waals surface area (Å²) in [7, 11) is 0. The molecule has 0 spiro atoms.